The highest BCUT2D eigenvalue weighted by atomic mass is 35.5. The zero-order valence-corrected chi connectivity index (χ0v) is 17.3. The van der Waals surface area contributed by atoms with Crippen LogP contribution in [0.25, 0.3) is 0 Å². The summed E-state index contributed by atoms with van der Waals surface area (Å²) in [7, 11) is 1.46. The molecule has 6 nitrogen and oxygen atoms in total. The highest BCUT2D eigenvalue weighted by molar-refractivity contribution is 6.33. The Morgan fingerprint density at radius 3 is 2.48 bits per heavy atom. The van der Waals surface area contributed by atoms with Gasteiger partial charge in [0.1, 0.15) is 12.4 Å². The third kappa shape index (κ3) is 6.20. The molecule has 0 aliphatic rings. The van der Waals surface area contributed by atoms with Crippen LogP contribution in [-0.2, 0) is 16.1 Å². The van der Waals surface area contributed by atoms with E-state index in [1.54, 1.807) is 6.07 Å². The Hall–Kier alpha value is -3.58. The molecule has 0 saturated heterocycles. The second-order valence-corrected chi connectivity index (χ2v) is 6.80. The minimum atomic E-state index is -0.715. The Kier molecular flexibility index (Phi) is 7.45. The summed E-state index contributed by atoms with van der Waals surface area (Å²) in [6.07, 6.45) is 0. The van der Waals surface area contributed by atoms with Gasteiger partial charge in [-0.25, -0.2) is 9.18 Å². The van der Waals surface area contributed by atoms with E-state index in [0.29, 0.717) is 18.1 Å². The number of nitrogens with one attached hydrogen (secondary N) is 1. The Morgan fingerprint density at radius 2 is 1.77 bits per heavy atom. The van der Waals surface area contributed by atoms with Crippen LogP contribution in [0.3, 0.4) is 0 Å². The van der Waals surface area contributed by atoms with Crippen LogP contribution in [0.1, 0.15) is 15.9 Å². The summed E-state index contributed by atoms with van der Waals surface area (Å²) in [5.74, 6) is -1.04. The third-order valence-corrected chi connectivity index (χ3v) is 4.49. The molecule has 1 amide bonds. The molecule has 0 aliphatic heterocycles. The first kappa shape index (κ1) is 22.1. The normalized spacial score (nSPS) is 10.3. The number of esters is 1. The number of carbonyl (C=O) groups excluding carboxylic acids is 2. The second-order valence-electron chi connectivity index (χ2n) is 6.39. The minimum absolute atomic E-state index is 0.0375. The van der Waals surface area contributed by atoms with Crippen molar-refractivity contribution in [2.24, 2.45) is 0 Å². The van der Waals surface area contributed by atoms with Gasteiger partial charge in [0, 0.05) is 0 Å². The molecule has 0 unspecified atom stereocenters. The molecule has 3 aromatic rings. The zero-order chi connectivity index (χ0) is 22.2. The lowest BCUT2D eigenvalue weighted by Crippen LogP contribution is -2.21. The maximum atomic E-state index is 13.1. The first-order valence-electron chi connectivity index (χ1n) is 9.23. The molecule has 31 heavy (non-hydrogen) atoms. The number of methoxy groups -OCH3 is 1. The van der Waals surface area contributed by atoms with Gasteiger partial charge in [0.25, 0.3) is 5.91 Å². The molecule has 0 fully saturated rings. The summed E-state index contributed by atoms with van der Waals surface area (Å²) in [5, 5.41) is 2.49. The number of ether oxygens (including phenoxy) is 3. The third-order valence-electron chi connectivity index (χ3n) is 4.18. The predicted molar refractivity (Wildman–Crippen MR) is 114 cm³/mol. The van der Waals surface area contributed by atoms with E-state index >= 15 is 0 Å². The fourth-order valence-corrected chi connectivity index (χ4v) is 2.86. The van der Waals surface area contributed by atoms with Crippen molar-refractivity contribution in [2.45, 2.75) is 6.61 Å². The Morgan fingerprint density at radius 1 is 1.00 bits per heavy atom. The van der Waals surface area contributed by atoms with Gasteiger partial charge in [0.2, 0.25) is 0 Å². The van der Waals surface area contributed by atoms with Crippen molar-refractivity contribution in [2.75, 3.05) is 19.0 Å². The van der Waals surface area contributed by atoms with Crippen LogP contribution in [0.15, 0.2) is 66.7 Å². The SMILES string of the molecule is COc1cc(C(=O)OCC(=O)Nc2ccc(F)cc2Cl)ccc1OCc1ccccc1. The van der Waals surface area contributed by atoms with Crippen LogP contribution in [-0.4, -0.2) is 25.6 Å². The van der Waals surface area contributed by atoms with Crippen molar-refractivity contribution < 1.29 is 28.2 Å². The van der Waals surface area contributed by atoms with Crippen LogP contribution in [0.5, 0.6) is 11.5 Å². The largest absolute Gasteiger partial charge is 0.493 e. The number of carbonyl (C=O) groups is 2. The van der Waals surface area contributed by atoms with Crippen molar-refractivity contribution in [3.05, 3.63) is 88.7 Å². The average molecular weight is 444 g/mol. The van der Waals surface area contributed by atoms with E-state index in [9.17, 15) is 14.0 Å². The van der Waals surface area contributed by atoms with Gasteiger partial charge in [0.15, 0.2) is 18.1 Å². The quantitative estimate of drug-likeness (QED) is 0.503. The maximum absolute atomic E-state index is 13.1. The fourth-order valence-electron chi connectivity index (χ4n) is 2.64. The minimum Gasteiger partial charge on any atom is -0.493 e. The van der Waals surface area contributed by atoms with Crippen LogP contribution in [0, 0.1) is 5.82 Å². The molecule has 8 heteroatoms. The van der Waals surface area contributed by atoms with Gasteiger partial charge < -0.3 is 19.5 Å². The van der Waals surface area contributed by atoms with Crippen molar-refractivity contribution >= 4 is 29.2 Å². The van der Waals surface area contributed by atoms with Gasteiger partial charge in [0.05, 0.1) is 23.4 Å². The van der Waals surface area contributed by atoms with Crippen LogP contribution < -0.4 is 14.8 Å². The summed E-state index contributed by atoms with van der Waals surface area (Å²) >= 11 is 5.86. The summed E-state index contributed by atoms with van der Waals surface area (Å²) in [6.45, 7) is -0.200. The van der Waals surface area contributed by atoms with E-state index in [0.717, 1.165) is 17.7 Å². The number of hydrogen-bond acceptors (Lipinski definition) is 5. The highest BCUT2D eigenvalue weighted by Gasteiger charge is 2.15. The second kappa shape index (κ2) is 10.4. The van der Waals surface area contributed by atoms with E-state index < -0.39 is 24.3 Å². The van der Waals surface area contributed by atoms with Crippen molar-refractivity contribution in [3.8, 4) is 11.5 Å². The Balaban J connectivity index is 1.57. The standard InChI is InChI=1S/C23H19ClFNO5/c1-29-21-11-16(7-10-20(21)30-13-15-5-3-2-4-6-15)23(28)31-14-22(27)26-19-9-8-17(25)12-18(19)24/h2-12H,13-14H2,1H3,(H,26,27). The summed E-state index contributed by atoms with van der Waals surface area (Å²) in [4.78, 5) is 24.3. The van der Waals surface area contributed by atoms with E-state index in [2.05, 4.69) is 5.32 Å². The molecular weight excluding hydrogens is 425 g/mol. The Bertz CT molecular complexity index is 1070. The topological polar surface area (TPSA) is 73.9 Å². The molecule has 0 spiro atoms. The first-order valence-corrected chi connectivity index (χ1v) is 9.61. The summed E-state index contributed by atoms with van der Waals surface area (Å²) < 4.78 is 29.1. The summed E-state index contributed by atoms with van der Waals surface area (Å²) in [6, 6.07) is 17.7. The monoisotopic (exact) mass is 443 g/mol. The number of rotatable bonds is 8. The van der Waals surface area contributed by atoms with Gasteiger partial charge in [-0.3, -0.25) is 4.79 Å². The smallest absolute Gasteiger partial charge is 0.338 e. The van der Waals surface area contributed by atoms with Crippen LogP contribution >= 0.6 is 11.6 Å². The average Bonchev–Trinajstić information content (AvgIpc) is 2.78. The van der Waals surface area contributed by atoms with E-state index in [4.69, 9.17) is 25.8 Å². The van der Waals surface area contributed by atoms with Gasteiger partial charge in [-0.05, 0) is 42.0 Å². The lowest BCUT2D eigenvalue weighted by atomic mass is 10.2. The van der Waals surface area contributed by atoms with Gasteiger partial charge in [-0.2, -0.15) is 0 Å². The number of amides is 1. The molecule has 0 aromatic heterocycles. The highest BCUT2D eigenvalue weighted by Crippen LogP contribution is 2.29. The molecule has 0 bridgehead atoms. The molecule has 0 heterocycles. The van der Waals surface area contributed by atoms with Crippen molar-refractivity contribution in [3.63, 3.8) is 0 Å². The zero-order valence-electron chi connectivity index (χ0n) is 16.6. The molecular formula is C23H19ClFNO5. The van der Waals surface area contributed by atoms with E-state index in [1.807, 2.05) is 30.3 Å². The number of anilines is 1. The molecule has 160 valence electrons. The van der Waals surface area contributed by atoms with Gasteiger partial charge in [-0.15, -0.1) is 0 Å². The fraction of sp³-hybridized carbons (Fsp3) is 0.130. The lowest BCUT2D eigenvalue weighted by molar-refractivity contribution is -0.119. The van der Waals surface area contributed by atoms with E-state index in [-0.39, 0.29) is 16.3 Å². The van der Waals surface area contributed by atoms with Crippen LogP contribution in [0.4, 0.5) is 10.1 Å². The lowest BCUT2D eigenvalue weighted by Gasteiger charge is -2.12. The van der Waals surface area contributed by atoms with Gasteiger partial charge >= 0.3 is 5.97 Å². The molecule has 0 aliphatic carbocycles. The van der Waals surface area contributed by atoms with Crippen molar-refractivity contribution in [1.82, 2.24) is 0 Å². The molecule has 3 aromatic carbocycles. The number of halogens is 2. The molecule has 1 N–H and O–H groups in total. The van der Waals surface area contributed by atoms with Gasteiger partial charge in [-0.1, -0.05) is 41.9 Å². The maximum Gasteiger partial charge on any atom is 0.338 e. The number of benzene rings is 3. The molecule has 0 atom stereocenters. The molecule has 0 radical (unpaired) electrons. The van der Waals surface area contributed by atoms with E-state index in [1.165, 1.54) is 25.3 Å². The summed E-state index contributed by atoms with van der Waals surface area (Å²) in [5.41, 5.74) is 1.39. The van der Waals surface area contributed by atoms with Crippen LogP contribution in [0.2, 0.25) is 5.02 Å². The Labute approximate surface area is 183 Å². The predicted octanol–water partition coefficient (Wildman–Crippen LogP) is 4.86. The molecule has 0 saturated carbocycles. The first-order chi connectivity index (χ1) is 15.0. The molecule has 3 rings (SSSR count). The number of hydrogen-bond donors (Lipinski definition) is 1. The van der Waals surface area contributed by atoms with Crippen molar-refractivity contribution in [1.29, 1.82) is 0 Å².